The molecule has 0 bridgehead atoms. The maximum Gasteiger partial charge on any atom is 0.193 e. The van der Waals surface area contributed by atoms with E-state index in [-0.39, 0.29) is 30.1 Å². The molecule has 0 atom stereocenters. The average Bonchev–Trinajstić information content (AvgIpc) is 2.56. The molecule has 0 amide bonds. The van der Waals surface area contributed by atoms with Gasteiger partial charge in [-0.25, -0.2) is 0 Å². The topological polar surface area (TPSA) is 62.9 Å². The van der Waals surface area contributed by atoms with Crippen LogP contribution in [0.5, 0.6) is 5.75 Å². The Kier molecular flexibility index (Phi) is 9.26. The van der Waals surface area contributed by atoms with Crippen LogP contribution in [0.3, 0.4) is 0 Å². The molecule has 0 fully saturated rings. The molecule has 2 aromatic carbocycles. The zero-order chi connectivity index (χ0) is 18.2. The van der Waals surface area contributed by atoms with E-state index >= 15 is 0 Å². The molecular weight excluding hydrogens is 439 g/mol. The van der Waals surface area contributed by atoms with E-state index in [9.17, 15) is 0 Å². The van der Waals surface area contributed by atoms with E-state index in [4.69, 9.17) is 10.5 Å². The smallest absolute Gasteiger partial charge is 0.193 e. The van der Waals surface area contributed by atoms with Crippen molar-refractivity contribution >= 4 is 41.3 Å². The molecule has 0 aliphatic rings. The van der Waals surface area contributed by atoms with Crippen molar-refractivity contribution in [2.75, 3.05) is 30.9 Å². The molecule has 6 heteroatoms. The molecule has 0 saturated carbocycles. The SMILES string of the molecule is CC(C)Oc1ccc(NC(N)=NCCc2ccc(N(C)C)cc2)cc1.I. The second-order valence-electron chi connectivity index (χ2n) is 6.39. The van der Waals surface area contributed by atoms with Gasteiger partial charge in [-0.15, -0.1) is 24.0 Å². The molecule has 0 aliphatic heterocycles. The van der Waals surface area contributed by atoms with Gasteiger partial charge in [-0.3, -0.25) is 4.99 Å². The van der Waals surface area contributed by atoms with Crippen LogP contribution in [0.15, 0.2) is 53.5 Å². The van der Waals surface area contributed by atoms with Gasteiger partial charge in [0, 0.05) is 32.0 Å². The lowest BCUT2D eigenvalue weighted by Gasteiger charge is -2.12. The zero-order valence-electron chi connectivity index (χ0n) is 15.9. The van der Waals surface area contributed by atoms with E-state index in [1.807, 2.05) is 52.2 Å². The van der Waals surface area contributed by atoms with Gasteiger partial charge < -0.3 is 20.7 Å². The Bertz CT molecular complexity index is 682. The highest BCUT2D eigenvalue weighted by atomic mass is 127. The highest BCUT2D eigenvalue weighted by Crippen LogP contribution is 2.16. The number of anilines is 2. The van der Waals surface area contributed by atoms with Crippen LogP contribution in [0.4, 0.5) is 11.4 Å². The van der Waals surface area contributed by atoms with Gasteiger partial charge in [0.1, 0.15) is 5.75 Å². The Morgan fingerprint density at radius 2 is 1.69 bits per heavy atom. The van der Waals surface area contributed by atoms with E-state index in [1.54, 1.807) is 0 Å². The number of hydrogen-bond donors (Lipinski definition) is 2. The summed E-state index contributed by atoms with van der Waals surface area (Å²) in [5, 5.41) is 3.10. The molecule has 0 spiro atoms. The van der Waals surface area contributed by atoms with Crippen LogP contribution in [-0.4, -0.2) is 32.7 Å². The molecule has 0 aliphatic carbocycles. The fourth-order valence-corrected chi connectivity index (χ4v) is 2.34. The Morgan fingerprint density at radius 1 is 1.08 bits per heavy atom. The van der Waals surface area contributed by atoms with Crippen LogP contribution < -0.4 is 20.7 Å². The normalized spacial score (nSPS) is 11.0. The van der Waals surface area contributed by atoms with E-state index < -0.39 is 0 Å². The molecule has 0 radical (unpaired) electrons. The summed E-state index contributed by atoms with van der Waals surface area (Å²) in [5.74, 6) is 1.26. The maximum absolute atomic E-state index is 5.95. The monoisotopic (exact) mass is 468 g/mol. The molecule has 142 valence electrons. The standard InChI is InChI=1S/C20H28N4O.HI/c1-15(2)25-19-11-7-17(8-12-19)23-20(21)22-14-13-16-5-9-18(10-6-16)24(3)4;/h5-12,15H,13-14H2,1-4H3,(H3,21,22,23);1H. The van der Waals surface area contributed by atoms with Crippen molar-refractivity contribution in [3.05, 3.63) is 54.1 Å². The summed E-state index contributed by atoms with van der Waals surface area (Å²) in [4.78, 5) is 6.47. The van der Waals surface area contributed by atoms with Crippen molar-refractivity contribution in [3.63, 3.8) is 0 Å². The first kappa shape index (κ1) is 22.1. The Balaban J connectivity index is 0.00000338. The highest BCUT2D eigenvalue weighted by Gasteiger charge is 2.00. The number of aliphatic imine (C=N–C) groups is 1. The first-order chi connectivity index (χ1) is 11.9. The van der Waals surface area contributed by atoms with Gasteiger partial charge in [0.2, 0.25) is 0 Å². The number of benzene rings is 2. The number of nitrogens with two attached hydrogens (primary N) is 1. The van der Waals surface area contributed by atoms with Gasteiger partial charge in [-0.2, -0.15) is 0 Å². The average molecular weight is 468 g/mol. The second kappa shape index (κ2) is 10.9. The molecular formula is C20H29IN4O. The number of halogens is 1. The summed E-state index contributed by atoms with van der Waals surface area (Å²) in [6.07, 6.45) is 1.02. The molecule has 3 N–H and O–H groups in total. The second-order valence-corrected chi connectivity index (χ2v) is 6.39. The van der Waals surface area contributed by atoms with Crippen LogP contribution in [0.2, 0.25) is 0 Å². The Morgan fingerprint density at radius 3 is 2.23 bits per heavy atom. The summed E-state index contributed by atoms with van der Waals surface area (Å²) in [6, 6.07) is 16.2. The van der Waals surface area contributed by atoms with Gasteiger partial charge in [0.25, 0.3) is 0 Å². The third kappa shape index (κ3) is 7.51. The van der Waals surface area contributed by atoms with Gasteiger partial charge >= 0.3 is 0 Å². The highest BCUT2D eigenvalue weighted by molar-refractivity contribution is 14.0. The number of rotatable bonds is 7. The lowest BCUT2D eigenvalue weighted by atomic mass is 10.1. The van der Waals surface area contributed by atoms with Crippen LogP contribution in [0.1, 0.15) is 19.4 Å². The summed E-state index contributed by atoms with van der Waals surface area (Å²) < 4.78 is 5.62. The van der Waals surface area contributed by atoms with E-state index in [2.05, 4.69) is 39.5 Å². The summed E-state index contributed by atoms with van der Waals surface area (Å²) in [6.45, 7) is 4.66. The fourth-order valence-electron chi connectivity index (χ4n) is 2.34. The van der Waals surface area contributed by atoms with Crippen molar-refractivity contribution in [1.82, 2.24) is 0 Å². The molecule has 26 heavy (non-hydrogen) atoms. The first-order valence-electron chi connectivity index (χ1n) is 8.54. The Labute approximate surface area is 173 Å². The summed E-state index contributed by atoms with van der Waals surface area (Å²) >= 11 is 0. The lowest BCUT2D eigenvalue weighted by Crippen LogP contribution is -2.23. The Hall–Kier alpha value is -1.96. The molecule has 2 rings (SSSR count). The number of nitrogens with zero attached hydrogens (tertiary/aromatic N) is 2. The number of guanidine groups is 1. The molecule has 0 heterocycles. The van der Waals surface area contributed by atoms with Gasteiger partial charge in [-0.1, -0.05) is 12.1 Å². The minimum atomic E-state index is 0. The molecule has 0 saturated heterocycles. The van der Waals surface area contributed by atoms with Crippen molar-refractivity contribution in [2.24, 2.45) is 10.7 Å². The first-order valence-corrected chi connectivity index (χ1v) is 8.54. The summed E-state index contributed by atoms with van der Waals surface area (Å²) in [5.41, 5.74) is 9.29. The third-order valence-corrected chi connectivity index (χ3v) is 3.63. The predicted octanol–water partition coefficient (Wildman–Crippen LogP) is 4.13. The van der Waals surface area contributed by atoms with Gasteiger partial charge in [0.05, 0.1) is 6.10 Å². The zero-order valence-corrected chi connectivity index (χ0v) is 18.2. The number of hydrogen-bond acceptors (Lipinski definition) is 3. The minimum absolute atomic E-state index is 0. The van der Waals surface area contributed by atoms with Crippen molar-refractivity contribution in [3.8, 4) is 5.75 Å². The molecule has 0 aromatic heterocycles. The van der Waals surface area contributed by atoms with Crippen LogP contribution in [-0.2, 0) is 6.42 Å². The summed E-state index contributed by atoms with van der Waals surface area (Å²) in [7, 11) is 4.07. The maximum atomic E-state index is 5.95. The van der Waals surface area contributed by atoms with Crippen molar-refractivity contribution in [2.45, 2.75) is 26.4 Å². The largest absolute Gasteiger partial charge is 0.491 e. The molecule has 5 nitrogen and oxygen atoms in total. The number of nitrogens with one attached hydrogen (secondary N) is 1. The van der Waals surface area contributed by atoms with E-state index in [1.165, 1.54) is 11.3 Å². The van der Waals surface area contributed by atoms with E-state index in [0.717, 1.165) is 17.9 Å². The van der Waals surface area contributed by atoms with Crippen molar-refractivity contribution < 1.29 is 4.74 Å². The third-order valence-electron chi connectivity index (χ3n) is 3.63. The molecule has 2 aromatic rings. The van der Waals surface area contributed by atoms with Crippen molar-refractivity contribution in [1.29, 1.82) is 0 Å². The predicted molar refractivity (Wildman–Crippen MR) is 122 cm³/mol. The lowest BCUT2D eigenvalue weighted by molar-refractivity contribution is 0.242. The minimum Gasteiger partial charge on any atom is -0.491 e. The van der Waals surface area contributed by atoms with Crippen LogP contribution in [0, 0.1) is 0 Å². The van der Waals surface area contributed by atoms with Crippen LogP contribution >= 0.6 is 24.0 Å². The van der Waals surface area contributed by atoms with E-state index in [0.29, 0.717) is 12.5 Å². The van der Waals surface area contributed by atoms with Gasteiger partial charge in [0.15, 0.2) is 5.96 Å². The van der Waals surface area contributed by atoms with Gasteiger partial charge in [-0.05, 0) is 62.2 Å². The quantitative estimate of drug-likeness (QED) is 0.365. The number of ether oxygens (including phenoxy) is 1. The van der Waals surface area contributed by atoms with Crippen LogP contribution in [0.25, 0.3) is 0 Å². The molecule has 0 unspecified atom stereocenters. The fraction of sp³-hybridized carbons (Fsp3) is 0.350.